The Morgan fingerprint density at radius 2 is 0.776 bits per heavy atom. The molecule has 0 aliphatic rings. The zero-order valence-electron chi connectivity index (χ0n) is 27.6. The van der Waals surface area contributed by atoms with Gasteiger partial charge in [0.25, 0.3) is 0 Å². The Balaban J connectivity index is 1.11. The fourth-order valence-electron chi connectivity index (χ4n) is 5.62. The smallest absolute Gasteiger partial charge is 0.0462 e. The molecule has 0 saturated heterocycles. The van der Waals surface area contributed by atoms with Crippen LogP contribution in [0.2, 0.25) is 0 Å². The number of nitrogens with zero attached hydrogens (tertiary/aromatic N) is 2. The van der Waals surface area contributed by atoms with Gasteiger partial charge in [-0.1, -0.05) is 139 Å². The second kappa shape index (κ2) is 16.3. The van der Waals surface area contributed by atoms with E-state index in [4.69, 9.17) is 6.42 Å². The molecule has 0 aromatic heterocycles. The molecule has 0 fully saturated rings. The molecule has 0 atom stereocenters. The summed E-state index contributed by atoms with van der Waals surface area (Å²) < 4.78 is 0. The molecule has 0 aliphatic carbocycles. The number of benzene rings is 6. The van der Waals surface area contributed by atoms with Gasteiger partial charge in [-0.2, -0.15) is 0 Å². The van der Waals surface area contributed by atoms with Crippen LogP contribution in [0.4, 0.5) is 28.4 Å². The summed E-state index contributed by atoms with van der Waals surface area (Å²) >= 11 is 0. The van der Waals surface area contributed by atoms with E-state index in [2.05, 4.69) is 193 Å². The lowest BCUT2D eigenvalue weighted by atomic mass is 10.1. The van der Waals surface area contributed by atoms with Gasteiger partial charge in [0.05, 0.1) is 0 Å². The van der Waals surface area contributed by atoms with E-state index in [0.717, 1.165) is 56.4 Å². The summed E-state index contributed by atoms with van der Waals surface area (Å²) in [5, 5.41) is 0. The van der Waals surface area contributed by atoms with Crippen molar-refractivity contribution >= 4 is 52.7 Å². The molecule has 0 aliphatic heterocycles. The van der Waals surface area contributed by atoms with Gasteiger partial charge in [-0.05, 0) is 102 Å². The fourth-order valence-corrected chi connectivity index (χ4v) is 5.62. The van der Waals surface area contributed by atoms with E-state index in [0.29, 0.717) is 0 Å². The number of hydrogen-bond donors (Lipinski definition) is 0. The van der Waals surface area contributed by atoms with Crippen molar-refractivity contribution in [3.8, 4) is 12.3 Å². The van der Waals surface area contributed by atoms with Crippen molar-refractivity contribution in [3.05, 3.63) is 210 Å². The van der Waals surface area contributed by atoms with Crippen LogP contribution in [0, 0.1) is 12.3 Å². The molecule has 0 amide bonds. The third-order valence-electron chi connectivity index (χ3n) is 8.10. The molecular weight excluding hydrogens is 593 g/mol. The molecule has 2 nitrogen and oxygen atoms in total. The molecule has 49 heavy (non-hydrogen) atoms. The van der Waals surface area contributed by atoms with E-state index in [9.17, 15) is 0 Å². The average Bonchev–Trinajstić information content (AvgIpc) is 3.16. The zero-order chi connectivity index (χ0) is 33.7. The predicted molar refractivity (Wildman–Crippen MR) is 212 cm³/mol. The summed E-state index contributed by atoms with van der Waals surface area (Å²) in [6, 6.07) is 57.2. The molecule has 0 N–H and O–H groups in total. The van der Waals surface area contributed by atoms with Crippen molar-refractivity contribution in [2.75, 3.05) is 9.80 Å². The Morgan fingerprint density at radius 1 is 0.449 bits per heavy atom. The van der Waals surface area contributed by atoms with E-state index < -0.39 is 0 Å². The molecule has 0 saturated carbocycles. The molecular formula is C47H38N2. The van der Waals surface area contributed by atoms with Crippen molar-refractivity contribution < 1.29 is 0 Å². The van der Waals surface area contributed by atoms with Gasteiger partial charge in [-0.25, -0.2) is 0 Å². The second-order valence-corrected chi connectivity index (χ2v) is 11.5. The first kappa shape index (κ1) is 32.4. The predicted octanol–water partition coefficient (Wildman–Crippen LogP) is 12.7. The molecule has 0 spiro atoms. The number of anilines is 5. The molecule has 236 valence electrons. The van der Waals surface area contributed by atoms with E-state index >= 15 is 0 Å². The van der Waals surface area contributed by atoms with Gasteiger partial charge in [0.1, 0.15) is 0 Å². The number of rotatable bonds is 11. The summed E-state index contributed by atoms with van der Waals surface area (Å²) in [6.45, 7) is 2.09. The topological polar surface area (TPSA) is 6.48 Å². The Kier molecular flexibility index (Phi) is 10.8. The lowest BCUT2D eigenvalue weighted by molar-refractivity contribution is 1.16. The molecule has 6 aromatic carbocycles. The number of allylic oxidation sites excluding steroid dienone is 4. The van der Waals surface area contributed by atoms with Crippen LogP contribution in [-0.2, 0) is 0 Å². The highest BCUT2D eigenvalue weighted by atomic mass is 15.1. The second-order valence-electron chi connectivity index (χ2n) is 11.5. The molecule has 2 heteroatoms. The normalized spacial score (nSPS) is 11.6. The standard InChI is InChI=1S/C47H38N2/c1-3-4-8-15-38(2)48(43-16-9-5-10-17-43)46-34-30-41(31-35-46)28-26-39-22-24-40(25-23-39)27-29-42-32-36-47(37-33-42)49(44-18-11-6-12-19-44)45-20-13-7-14-21-45/h1,4-37H,2H3. The monoisotopic (exact) mass is 630 g/mol. The Bertz CT molecular complexity index is 2040. The van der Waals surface area contributed by atoms with Crippen LogP contribution >= 0.6 is 0 Å². The average molecular weight is 631 g/mol. The summed E-state index contributed by atoms with van der Waals surface area (Å²) in [6.07, 6.45) is 19.6. The van der Waals surface area contributed by atoms with E-state index in [1.165, 1.54) is 0 Å². The van der Waals surface area contributed by atoms with Gasteiger partial charge in [0.2, 0.25) is 0 Å². The maximum absolute atomic E-state index is 5.39. The van der Waals surface area contributed by atoms with Crippen LogP contribution in [0.15, 0.2) is 188 Å². The summed E-state index contributed by atoms with van der Waals surface area (Å²) in [5.41, 5.74) is 11.2. The SMILES string of the molecule is C#CC=CC=C(C)N(c1ccccc1)c1ccc(C=Cc2ccc(C=Cc3ccc(N(c4ccccc4)c4ccccc4)cc3)cc2)cc1. The highest BCUT2D eigenvalue weighted by molar-refractivity contribution is 5.79. The fraction of sp³-hybridized carbons (Fsp3) is 0.0213. The van der Waals surface area contributed by atoms with Crippen molar-refractivity contribution in [1.82, 2.24) is 0 Å². The van der Waals surface area contributed by atoms with Crippen molar-refractivity contribution in [3.63, 3.8) is 0 Å². The third-order valence-corrected chi connectivity index (χ3v) is 8.10. The maximum Gasteiger partial charge on any atom is 0.0462 e. The maximum atomic E-state index is 5.39. The number of hydrogen-bond acceptors (Lipinski definition) is 2. The minimum atomic E-state index is 1.07. The van der Waals surface area contributed by atoms with E-state index in [-0.39, 0.29) is 0 Å². The molecule has 6 aromatic rings. The van der Waals surface area contributed by atoms with Crippen molar-refractivity contribution in [2.24, 2.45) is 0 Å². The largest absolute Gasteiger partial charge is 0.315 e. The van der Waals surface area contributed by atoms with Gasteiger partial charge < -0.3 is 9.80 Å². The lowest BCUT2D eigenvalue weighted by Crippen LogP contribution is -2.14. The van der Waals surface area contributed by atoms with E-state index in [1.54, 1.807) is 6.08 Å². The van der Waals surface area contributed by atoms with Gasteiger partial charge in [-0.3, -0.25) is 0 Å². The van der Waals surface area contributed by atoms with Crippen LogP contribution in [0.5, 0.6) is 0 Å². The minimum absolute atomic E-state index is 1.07. The summed E-state index contributed by atoms with van der Waals surface area (Å²) in [5.74, 6) is 2.55. The van der Waals surface area contributed by atoms with Gasteiger partial charge in [0, 0.05) is 34.1 Å². The molecule has 6 rings (SSSR count). The first-order valence-corrected chi connectivity index (χ1v) is 16.4. The highest BCUT2D eigenvalue weighted by Gasteiger charge is 2.12. The molecule has 0 bridgehead atoms. The Labute approximate surface area is 290 Å². The van der Waals surface area contributed by atoms with Gasteiger partial charge in [-0.15, -0.1) is 6.42 Å². The van der Waals surface area contributed by atoms with Gasteiger partial charge in [0.15, 0.2) is 0 Å². The van der Waals surface area contributed by atoms with Gasteiger partial charge >= 0.3 is 0 Å². The van der Waals surface area contributed by atoms with Crippen LogP contribution in [0.3, 0.4) is 0 Å². The summed E-state index contributed by atoms with van der Waals surface area (Å²) in [7, 11) is 0. The van der Waals surface area contributed by atoms with Crippen LogP contribution < -0.4 is 9.80 Å². The lowest BCUT2D eigenvalue weighted by Gasteiger charge is -2.26. The van der Waals surface area contributed by atoms with Crippen LogP contribution in [0.1, 0.15) is 29.2 Å². The zero-order valence-corrected chi connectivity index (χ0v) is 27.6. The quantitative estimate of drug-likeness (QED) is 0.0798. The van der Waals surface area contributed by atoms with Crippen LogP contribution in [0.25, 0.3) is 24.3 Å². The molecule has 0 heterocycles. The first-order chi connectivity index (χ1) is 24.2. The number of para-hydroxylation sites is 3. The first-order valence-electron chi connectivity index (χ1n) is 16.4. The Hall–Kier alpha value is -6.56. The number of terminal acetylenes is 1. The minimum Gasteiger partial charge on any atom is -0.315 e. The van der Waals surface area contributed by atoms with Crippen molar-refractivity contribution in [2.45, 2.75) is 6.92 Å². The third kappa shape index (κ3) is 8.63. The van der Waals surface area contributed by atoms with E-state index in [1.807, 2.05) is 30.4 Å². The summed E-state index contributed by atoms with van der Waals surface area (Å²) in [4.78, 5) is 4.49. The molecule has 0 unspecified atom stereocenters. The Morgan fingerprint density at radius 3 is 1.18 bits per heavy atom. The van der Waals surface area contributed by atoms with Crippen molar-refractivity contribution in [1.29, 1.82) is 0 Å². The highest BCUT2D eigenvalue weighted by Crippen LogP contribution is 2.34. The van der Waals surface area contributed by atoms with Crippen LogP contribution in [-0.4, -0.2) is 0 Å². The molecule has 0 radical (unpaired) electrons.